The summed E-state index contributed by atoms with van der Waals surface area (Å²) in [5.74, 6) is 0.0261. The average Bonchev–Trinajstić information content (AvgIpc) is 2.88. The number of nitrogens with zero attached hydrogens (tertiary/aromatic N) is 3. The van der Waals surface area contributed by atoms with Gasteiger partial charge in [-0.2, -0.15) is 0 Å². The van der Waals surface area contributed by atoms with Gasteiger partial charge in [0, 0.05) is 49.8 Å². The number of carboxylic acid groups (broad SMARTS) is 1. The van der Waals surface area contributed by atoms with E-state index in [1.165, 1.54) is 0 Å². The van der Waals surface area contributed by atoms with Crippen LogP contribution in [0.2, 0.25) is 0 Å². The molecular formula is C27H31N5O3. The Kier molecular flexibility index (Phi) is 7.92. The number of pyridine rings is 2. The molecule has 3 aromatic rings. The number of aromatic nitrogens is 2. The first-order chi connectivity index (χ1) is 17.0. The van der Waals surface area contributed by atoms with Gasteiger partial charge in [-0.3, -0.25) is 9.78 Å². The summed E-state index contributed by atoms with van der Waals surface area (Å²) in [4.78, 5) is 35.1. The molecule has 1 unspecified atom stereocenters. The second-order valence-corrected chi connectivity index (χ2v) is 8.90. The molecule has 1 aromatic carbocycles. The molecule has 3 N–H and O–H groups in total. The van der Waals surface area contributed by atoms with Gasteiger partial charge in [-0.05, 0) is 67.6 Å². The number of nitrogens with one attached hydrogen (secondary N) is 2. The van der Waals surface area contributed by atoms with Gasteiger partial charge in [0.2, 0.25) is 0 Å². The molecule has 8 heteroatoms. The number of carbonyl (C=O) groups excluding carboxylic acids is 1. The molecule has 4 rings (SSSR count). The van der Waals surface area contributed by atoms with Crippen molar-refractivity contribution in [2.45, 2.75) is 32.2 Å². The largest absolute Gasteiger partial charge is 0.480 e. The summed E-state index contributed by atoms with van der Waals surface area (Å²) >= 11 is 0. The Labute approximate surface area is 205 Å². The van der Waals surface area contributed by atoms with Gasteiger partial charge in [-0.1, -0.05) is 18.2 Å². The van der Waals surface area contributed by atoms with Crippen molar-refractivity contribution in [2.75, 3.05) is 29.9 Å². The number of aliphatic carboxylic acids is 1. The number of benzene rings is 1. The fraction of sp³-hybridized carbons (Fsp3) is 0.333. The highest BCUT2D eigenvalue weighted by Crippen LogP contribution is 2.24. The van der Waals surface area contributed by atoms with Crippen LogP contribution in [0.1, 0.15) is 34.5 Å². The zero-order valence-corrected chi connectivity index (χ0v) is 19.9. The van der Waals surface area contributed by atoms with E-state index in [-0.39, 0.29) is 6.42 Å². The number of carbonyl (C=O) groups is 2. The van der Waals surface area contributed by atoms with Crippen LogP contribution in [-0.2, 0) is 11.2 Å². The minimum atomic E-state index is -1.06. The zero-order chi connectivity index (χ0) is 24.6. The van der Waals surface area contributed by atoms with E-state index in [4.69, 9.17) is 0 Å². The molecule has 0 bridgehead atoms. The minimum absolute atomic E-state index is 0.210. The molecule has 1 amide bonds. The Morgan fingerprint density at radius 1 is 1.03 bits per heavy atom. The van der Waals surface area contributed by atoms with Crippen LogP contribution in [0.3, 0.4) is 0 Å². The van der Waals surface area contributed by atoms with E-state index in [2.05, 4.69) is 25.5 Å². The topological polar surface area (TPSA) is 107 Å². The van der Waals surface area contributed by atoms with Crippen molar-refractivity contribution >= 4 is 23.4 Å². The number of piperidine rings is 1. The normalized spacial score (nSPS) is 14.8. The molecular weight excluding hydrogens is 442 g/mol. The molecule has 0 radical (unpaired) electrons. The number of anilines is 2. The molecule has 35 heavy (non-hydrogen) atoms. The lowest BCUT2D eigenvalue weighted by molar-refractivity contribution is -0.139. The maximum absolute atomic E-state index is 12.6. The third kappa shape index (κ3) is 6.56. The Balaban J connectivity index is 1.29. The van der Waals surface area contributed by atoms with Gasteiger partial charge in [-0.15, -0.1) is 0 Å². The van der Waals surface area contributed by atoms with E-state index in [0.29, 0.717) is 17.2 Å². The van der Waals surface area contributed by atoms with Gasteiger partial charge in [0.15, 0.2) is 0 Å². The van der Waals surface area contributed by atoms with Crippen LogP contribution in [0, 0.1) is 12.8 Å². The van der Waals surface area contributed by atoms with Gasteiger partial charge in [-0.25, -0.2) is 9.78 Å². The first-order valence-corrected chi connectivity index (χ1v) is 11.9. The highest BCUT2D eigenvalue weighted by molar-refractivity contribution is 5.97. The molecule has 0 spiro atoms. The van der Waals surface area contributed by atoms with Crippen LogP contribution in [0.15, 0.2) is 67.0 Å². The fourth-order valence-corrected chi connectivity index (χ4v) is 4.35. The molecule has 3 heterocycles. The number of carboxylic acids is 1. The number of hydrogen-bond acceptors (Lipinski definition) is 6. The molecule has 182 valence electrons. The van der Waals surface area contributed by atoms with Crippen molar-refractivity contribution in [3.63, 3.8) is 0 Å². The van der Waals surface area contributed by atoms with Crippen LogP contribution in [-0.4, -0.2) is 52.6 Å². The van der Waals surface area contributed by atoms with E-state index in [1.807, 2.05) is 42.5 Å². The smallest absolute Gasteiger partial charge is 0.326 e. The van der Waals surface area contributed by atoms with Crippen molar-refractivity contribution in [3.05, 3.63) is 83.8 Å². The first-order valence-electron chi connectivity index (χ1n) is 11.9. The summed E-state index contributed by atoms with van der Waals surface area (Å²) in [5, 5.41) is 15.7. The van der Waals surface area contributed by atoms with Gasteiger partial charge in [0.1, 0.15) is 11.9 Å². The Morgan fingerprint density at radius 3 is 2.43 bits per heavy atom. The minimum Gasteiger partial charge on any atom is -0.480 e. The van der Waals surface area contributed by atoms with Crippen LogP contribution in [0.5, 0.6) is 0 Å². The number of amides is 1. The van der Waals surface area contributed by atoms with Gasteiger partial charge in [0.05, 0.1) is 5.56 Å². The van der Waals surface area contributed by atoms with Crippen molar-refractivity contribution in [3.8, 4) is 0 Å². The summed E-state index contributed by atoms with van der Waals surface area (Å²) < 4.78 is 0. The van der Waals surface area contributed by atoms with E-state index >= 15 is 0 Å². The monoisotopic (exact) mass is 473 g/mol. The molecule has 2 aromatic heterocycles. The standard InChI is InChI=1S/C27H31N5O3/c1-19-23(5-4-14-28-19)26(33)31-24(27(34)35)17-20-7-9-22(10-8-20)32-15-11-21(12-16-32)18-30-25-6-2-3-13-29-25/h2-10,13-14,21,24H,11-12,15-18H2,1H3,(H,29,30)(H,31,33)(H,34,35). The van der Waals surface area contributed by atoms with E-state index in [1.54, 1.807) is 31.5 Å². The first kappa shape index (κ1) is 24.2. The fourth-order valence-electron chi connectivity index (χ4n) is 4.35. The van der Waals surface area contributed by atoms with Crippen molar-refractivity contribution in [2.24, 2.45) is 5.92 Å². The molecule has 1 aliphatic heterocycles. The summed E-state index contributed by atoms with van der Waals surface area (Å²) in [6.07, 6.45) is 5.81. The summed E-state index contributed by atoms with van der Waals surface area (Å²) in [7, 11) is 0. The Hall–Kier alpha value is -3.94. The van der Waals surface area contributed by atoms with Crippen LogP contribution >= 0.6 is 0 Å². The molecule has 0 aliphatic carbocycles. The summed E-state index contributed by atoms with van der Waals surface area (Å²) in [5.41, 5.74) is 2.94. The highest BCUT2D eigenvalue weighted by Gasteiger charge is 2.23. The van der Waals surface area contributed by atoms with Crippen LogP contribution < -0.4 is 15.5 Å². The van der Waals surface area contributed by atoms with Crippen LogP contribution in [0.4, 0.5) is 11.5 Å². The van der Waals surface area contributed by atoms with Crippen LogP contribution in [0.25, 0.3) is 0 Å². The predicted octanol–water partition coefficient (Wildman–Crippen LogP) is 3.54. The van der Waals surface area contributed by atoms with Gasteiger partial charge >= 0.3 is 5.97 Å². The lowest BCUT2D eigenvalue weighted by Crippen LogP contribution is -2.42. The summed E-state index contributed by atoms with van der Waals surface area (Å²) in [6, 6.07) is 16.1. The van der Waals surface area contributed by atoms with Gasteiger partial charge < -0.3 is 20.6 Å². The predicted molar refractivity (Wildman–Crippen MR) is 136 cm³/mol. The van der Waals surface area contributed by atoms with E-state index in [9.17, 15) is 14.7 Å². The number of rotatable bonds is 9. The number of hydrogen-bond donors (Lipinski definition) is 3. The quantitative estimate of drug-likeness (QED) is 0.436. The maximum Gasteiger partial charge on any atom is 0.326 e. The van der Waals surface area contributed by atoms with E-state index < -0.39 is 17.9 Å². The second-order valence-electron chi connectivity index (χ2n) is 8.90. The zero-order valence-electron chi connectivity index (χ0n) is 19.9. The molecule has 1 atom stereocenters. The van der Waals surface area contributed by atoms with Crippen molar-refractivity contribution in [1.29, 1.82) is 0 Å². The second kappa shape index (κ2) is 11.5. The Bertz CT molecular complexity index is 1130. The SMILES string of the molecule is Cc1ncccc1C(=O)NC(Cc1ccc(N2CCC(CNc3ccccn3)CC2)cc1)C(=O)O. The van der Waals surface area contributed by atoms with Crippen molar-refractivity contribution in [1.82, 2.24) is 15.3 Å². The van der Waals surface area contributed by atoms with E-state index in [0.717, 1.165) is 49.5 Å². The average molecular weight is 474 g/mol. The lowest BCUT2D eigenvalue weighted by Gasteiger charge is -2.34. The van der Waals surface area contributed by atoms with Gasteiger partial charge in [0.25, 0.3) is 5.91 Å². The molecule has 1 aliphatic rings. The molecule has 1 fully saturated rings. The molecule has 8 nitrogen and oxygen atoms in total. The van der Waals surface area contributed by atoms with Crippen molar-refractivity contribution < 1.29 is 14.7 Å². The third-order valence-corrected chi connectivity index (χ3v) is 6.45. The Morgan fingerprint density at radius 2 is 1.77 bits per heavy atom. The molecule has 0 saturated carbocycles. The molecule has 1 saturated heterocycles. The highest BCUT2D eigenvalue weighted by atomic mass is 16.4. The maximum atomic E-state index is 12.6. The lowest BCUT2D eigenvalue weighted by atomic mass is 9.96. The number of aryl methyl sites for hydroxylation is 1. The summed E-state index contributed by atoms with van der Waals surface area (Å²) in [6.45, 7) is 4.60. The third-order valence-electron chi connectivity index (χ3n) is 6.45.